The van der Waals surface area contributed by atoms with E-state index in [1.807, 2.05) is 7.05 Å². The van der Waals surface area contributed by atoms with Gasteiger partial charge in [-0.1, -0.05) is 6.42 Å². The highest BCUT2D eigenvalue weighted by molar-refractivity contribution is 5.91. The van der Waals surface area contributed by atoms with Crippen LogP contribution in [0.3, 0.4) is 0 Å². The first kappa shape index (κ1) is 16.3. The van der Waals surface area contributed by atoms with Gasteiger partial charge in [0.25, 0.3) is 5.91 Å². The zero-order valence-corrected chi connectivity index (χ0v) is 15.5. The highest BCUT2D eigenvalue weighted by atomic mass is 16.2. The molecule has 4 aliphatic rings. The fraction of sp³-hybridized carbons (Fsp3) is 0.750. The number of hydrogen-bond donors (Lipinski definition) is 2. The molecule has 6 nitrogen and oxygen atoms in total. The van der Waals surface area contributed by atoms with Crippen LogP contribution < -0.4 is 10.6 Å². The Bertz CT molecular complexity index is 729. The summed E-state index contributed by atoms with van der Waals surface area (Å²) in [5, 5.41) is 6.19. The molecule has 26 heavy (non-hydrogen) atoms. The number of carbonyl (C=O) groups is 2. The molecule has 1 aromatic heterocycles. The fourth-order valence-corrected chi connectivity index (χ4v) is 6.04. The molecule has 0 saturated heterocycles. The molecule has 0 unspecified atom stereocenters. The van der Waals surface area contributed by atoms with Crippen molar-refractivity contribution in [3.05, 3.63) is 18.2 Å². The maximum Gasteiger partial charge on any atom is 0.287 e. The molecule has 2 amide bonds. The predicted octanol–water partition coefficient (Wildman–Crippen LogP) is 2.16. The first-order valence-electron chi connectivity index (χ1n) is 10.0. The van der Waals surface area contributed by atoms with Crippen molar-refractivity contribution < 1.29 is 9.59 Å². The van der Waals surface area contributed by atoms with E-state index in [0.717, 1.165) is 25.7 Å². The Morgan fingerprint density at radius 2 is 1.81 bits per heavy atom. The normalized spacial score (nSPS) is 30.7. The van der Waals surface area contributed by atoms with Crippen molar-refractivity contribution in [1.82, 2.24) is 20.2 Å². The molecule has 6 heteroatoms. The number of aryl methyl sites for hydroxylation is 1. The minimum atomic E-state index is -0.136. The second-order valence-corrected chi connectivity index (χ2v) is 9.52. The average Bonchev–Trinajstić information content (AvgIpc) is 2.86. The Hall–Kier alpha value is -1.85. The number of carbonyl (C=O) groups excluding carboxylic acids is 2. The van der Waals surface area contributed by atoms with E-state index in [0.29, 0.717) is 16.7 Å². The predicted molar refractivity (Wildman–Crippen MR) is 96.3 cm³/mol. The second kappa shape index (κ2) is 5.57. The van der Waals surface area contributed by atoms with Gasteiger partial charge >= 0.3 is 0 Å². The Morgan fingerprint density at radius 1 is 1.12 bits per heavy atom. The van der Waals surface area contributed by atoms with E-state index in [1.165, 1.54) is 32.1 Å². The minimum Gasteiger partial charge on any atom is -0.353 e. The zero-order valence-electron chi connectivity index (χ0n) is 15.5. The maximum absolute atomic E-state index is 12.4. The summed E-state index contributed by atoms with van der Waals surface area (Å²) in [7, 11) is 1.81. The van der Waals surface area contributed by atoms with Crippen LogP contribution in [0.4, 0.5) is 0 Å². The van der Waals surface area contributed by atoms with Crippen LogP contribution in [0.5, 0.6) is 0 Å². The molecule has 140 valence electrons. The van der Waals surface area contributed by atoms with E-state index in [2.05, 4.69) is 15.6 Å². The van der Waals surface area contributed by atoms with Crippen LogP contribution in [0.1, 0.15) is 68.4 Å². The molecule has 0 radical (unpaired) electrons. The van der Waals surface area contributed by atoms with Crippen molar-refractivity contribution >= 4 is 11.8 Å². The van der Waals surface area contributed by atoms with E-state index in [4.69, 9.17) is 0 Å². The maximum atomic E-state index is 12.4. The standard InChI is InChI=1S/C20H28N4O2/c1-24-6-5-21-16(24)18(26)23-15-7-14(8-15)22-17(25)13-9-20(10-13)11-19(12-20)3-2-4-19/h5-6,13-15H,2-4,7-12H2,1H3,(H,22,25)(H,23,26). The molecule has 4 aliphatic carbocycles. The molecule has 4 saturated carbocycles. The van der Waals surface area contributed by atoms with Crippen LogP contribution in [0, 0.1) is 16.7 Å². The van der Waals surface area contributed by atoms with Crippen molar-refractivity contribution in [1.29, 1.82) is 0 Å². The Balaban J connectivity index is 1.02. The first-order valence-corrected chi connectivity index (χ1v) is 10.0. The molecule has 1 heterocycles. The molecule has 0 aromatic carbocycles. The second-order valence-electron chi connectivity index (χ2n) is 9.52. The van der Waals surface area contributed by atoms with Gasteiger partial charge in [-0.3, -0.25) is 9.59 Å². The quantitative estimate of drug-likeness (QED) is 0.868. The largest absolute Gasteiger partial charge is 0.353 e. The van der Waals surface area contributed by atoms with Crippen LogP contribution in [-0.2, 0) is 11.8 Å². The van der Waals surface area contributed by atoms with E-state index >= 15 is 0 Å². The third kappa shape index (κ3) is 2.57. The summed E-state index contributed by atoms with van der Waals surface area (Å²) in [6.45, 7) is 0. The smallest absolute Gasteiger partial charge is 0.287 e. The summed E-state index contributed by atoms with van der Waals surface area (Å²) in [6, 6.07) is 0.354. The number of imidazole rings is 1. The minimum absolute atomic E-state index is 0.136. The molecule has 0 bridgehead atoms. The lowest BCUT2D eigenvalue weighted by Crippen LogP contribution is -2.60. The summed E-state index contributed by atoms with van der Waals surface area (Å²) in [5.74, 6) is 0.766. The van der Waals surface area contributed by atoms with Gasteiger partial charge in [0.1, 0.15) is 0 Å². The molecule has 5 rings (SSSR count). The lowest BCUT2D eigenvalue weighted by Gasteiger charge is -2.67. The van der Waals surface area contributed by atoms with Crippen molar-refractivity contribution in [2.75, 3.05) is 0 Å². The number of rotatable bonds is 4. The van der Waals surface area contributed by atoms with Crippen molar-refractivity contribution in [3.8, 4) is 0 Å². The van der Waals surface area contributed by atoms with Gasteiger partial charge in [0.05, 0.1) is 0 Å². The SMILES string of the molecule is Cn1ccnc1C(=O)NC1CC(NC(=O)C2CC3(C2)CC2(CCC2)C3)C1. The first-order chi connectivity index (χ1) is 12.5. The van der Waals surface area contributed by atoms with Crippen LogP contribution in [0.2, 0.25) is 0 Å². The van der Waals surface area contributed by atoms with E-state index in [1.54, 1.807) is 17.0 Å². The van der Waals surface area contributed by atoms with Gasteiger partial charge in [-0.05, 0) is 62.2 Å². The third-order valence-electron chi connectivity index (χ3n) is 7.49. The van der Waals surface area contributed by atoms with Crippen LogP contribution >= 0.6 is 0 Å². The molecule has 0 atom stereocenters. The zero-order chi connectivity index (χ0) is 17.9. The van der Waals surface area contributed by atoms with Crippen molar-refractivity contribution in [2.45, 2.75) is 69.9 Å². The van der Waals surface area contributed by atoms with Crippen LogP contribution in [0.15, 0.2) is 12.4 Å². The summed E-state index contributed by atoms with van der Waals surface area (Å²) < 4.78 is 1.72. The molecular formula is C20H28N4O2. The monoisotopic (exact) mass is 356 g/mol. The molecular weight excluding hydrogens is 328 g/mol. The molecule has 1 aromatic rings. The number of nitrogens with zero attached hydrogens (tertiary/aromatic N) is 2. The van der Waals surface area contributed by atoms with Gasteiger partial charge < -0.3 is 15.2 Å². The molecule has 2 spiro atoms. The van der Waals surface area contributed by atoms with Crippen LogP contribution in [0.25, 0.3) is 0 Å². The van der Waals surface area contributed by atoms with Gasteiger partial charge in [0.15, 0.2) is 5.82 Å². The van der Waals surface area contributed by atoms with Crippen molar-refractivity contribution in [3.63, 3.8) is 0 Å². The topological polar surface area (TPSA) is 76.0 Å². The number of amides is 2. The molecule has 4 fully saturated rings. The average molecular weight is 356 g/mol. The summed E-state index contributed by atoms with van der Waals surface area (Å²) in [5.41, 5.74) is 1.23. The van der Waals surface area contributed by atoms with Crippen LogP contribution in [-0.4, -0.2) is 33.4 Å². The third-order valence-corrected chi connectivity index (χ3v) is 7.49. The van der Waals surface area contributed by atoms with Gasteiger partial charge in [-0.25, -0.2) is 4.98 Å². The molecule has 2 N–H and O–H groups in total. The fourth-order valence-electron chi connectivity index (χ4n) is 6.04. The van der Waals surface area contributed by atoms with Crippen molar-refractivity contribution in [2.24, 2.45) is 23.8 Å². The Labute approximate surface area is 154 Å². The highest BCUT2D eigenvalue weighted by Gasteiger charge is 2.62. The van der Waals surface area contributed by atoms with Gasteiger partial charge in [0.2, 0.25) is 5.91 Å². The highest BCUT2D eigenvalue weighted by Crippen LogP contribution is 2.72. The van der Waals surface area contributed by atoms with E-state index in [9.17, 15) is 9.59 Å². The van der Waals surface area contributed by atoms with Gasteiger partial charge in [-0.15, -0.1) is 0 Å². The number of nitrogens with one attached hydrogen (secondary N) is 2. The van der Waals surface area contributed by atoms with E-state index in [-0.39, 0.29) is 29.8 Å². The number of hydrogen-bond acceptors (Lipinski definition) is 3. The Morgan fingerprint density at radius 3 is 2.38 bits per heavy atom. The lowest BCUT2D eigenvalue weighted by molar-refractivity contribution is -0.173. The summed E-state index contributed by atoms with van der Waals surface area (Å²) in [4.78, 5) is 28.6. The molecule has 0 aliphatic heterocycles. The Kier molecular flexibility index (Phi) is 3.50. The van der Waals surface area contributed by atoms with Gasteiger partial charge in [0, 0.05) is 37.4 Å². The van der Waals surface area contributed by atoms with Gasteiger partial charge in [-0.2, -0.15) is 0 Å². The summed E-state index contributed by atoms with van der Waals surface area (Å²) >= 11 is 0. The number of aromatic nitrogens is 2. The van der Waals surface area contributed by atoms with E-state index < -0.39 is 0 Å². The lowest BCUT2D eigenvalue weighted by atomic mass is 9.38. The summed E-state index contributed by atoms with van der Waals surface area (Å²) in [6.07, 6.45) is 14.3.